The molecule has 2 aromatic rings. The molecule has 174 valence electrons. The van der Waals surface area contributed by atoms with Gasteiger partial charge < -0.3 is 19.0 Å². The van der Waals surface area contributed by atoms with E-state index < -0.39 is 0 Å². The van der Waals surface area contributed by atoms with E-state index in [-0.39, 0.29) is 0 Å². The molecule has 0 aromatic heterocycles. The molecule has 0 atom stereocenters. The third-order valence-corrected chi connectivity index (χ3v) is 5.01. The Balaban J connectivity index is 1.56. The van der Waals surface area contributed by atoms with Crippen molar-refractivity contribution in [3.63, 3.8) is 0 Å². The van der Waals surface area contributed by atoms with Crippen LogP contribution in [0.1, 0.15) is 55.7 Å². The van der Waals surface area contributed by atoms with Gasteiger partial charge in [0.15, 0.2) is 0 Å². The minimum Gasteiger partial charge on any atom is -0.494 e. The predicted octanol–water partition coefficient (Wildman–Crippen LogP) is 6.65. The Morgan fingerprint density at radius 2 is 1.41 bits per heavy atom. The topological polar surface area (TPSA) is 49.3 Å². The molecule has 0 N–H and O–H groups in total. The minimum absolute atomic E-state index is 0.594. The first-order valence-electron chi connectivity index (χ1n) is 11.4. The van der Waals surface area contributed by atoms with Crippen LogP contribution in [0.3, 0.4) is 0 Å². The van der Waals surface area contributed by atoms with Crippen LogP contribution in [-0.2, 0) is 4.84 Å². The summed E-state index contributed by atoms with van der Waals surface area (Å²) in [6, 6.07) is 11.9. The summed E-state index contributed by atoms with van der Waals surface area (Å²) in [6.07, 6.45) is 11.3. The zero-order valence-electron chi connectivity index (χ0n) is 19.9. The van der Waals surface area contributed by atoms with Crippen LogP contribution in [0.15, 0.2) is 53.7 Å². The van der Waals surface area contributed by atoms with Gasteiger partial charge in [0, 0.05) is 0 Å². The van der Waals surface area contributed by atoms with Gasteiger partial charge in [0.2, 0.25) is 0 Å². The van der Waals surface area contributed by atoms with Crippen LogP contribution in [-0.4, -0.2) is 33.1 Å². The number of hydrogen-bond donors (Lipinski definition) is 0. The van der Waals surface area contributed by atoms with E-state index >= 15 is 0 Å². The molecule has 0 amide bonds. The van der Waals surface area contributed by atoms with Gasteiger partial charge in [0.05, 0.1) is 19.4 Å². The lowest BCUT2D eigenvalue weighted by atomic mass is 10.1. The second-order valence-electron chi connectivity index (χ2n) is 7.72. The molecule has 0 aliphatic rings. The number of nitrogens with zero attached hydrogens (tertiary/aromatic N) is 1. The lowest BCUT2D eigenvalue weighted by Crippen LogP contribution is -2.02. The van der Waals surface area contributed by atoms with Gasteiger partial charge in [0.1, 0.15) is 31.0 Å². The lowest BCUT2D eigenvalue weighted by molar-refractivity contribution is 0.215. The Hall–Kier alpha value is -2.95. The van der Waals surface area contributed by atoms with Crippen LogP contribution in [0, 0.1) is 13.8 Å². The highest BCUT2D eigenvalue weighted by atomic mass is 16.6. The highest BCUT2D eigenvalue weighted by molar-refractivity contribution is 5.79. The molecule has 0 aliphatic carbocycles. The van der Waals surface area contributed by atoms with Gasteiger partial charge in [-0.3, -0.25) is 0 Å². The molecular formula is C27H37NO4. The summed E-state index contributed by atoms with van der Waals surface area (Å²) in [6.45, 7) is 8.22. The van der Waals surface area contributed by atoms with Gasteiger partial charge in [-0.1, -0.05) is 36.6 Å². The SMILES string of the molecule is C/C=C/COc1cc(C)c(OCCCCCCCOc2ccc(/C=N/OC)cc2)c(C)c1. The third-order valence-electron chi connectivity index (χ3n) is 5.01. The lowest BCUT2D eigenvalue weighted by Gasteiger charge is -2.14. The first kappa shape index (κ1) is 25.3. The molecule has 0 heterocycles. The van der Waals surface area contributed by atoms with E-state index in [4.69, 9.17) is 14.2 Å². The second kappa shape index (κ2) is 15.0. The molecule has 0 spiro atoms. The predicted molar refractivity (Wildman–Crippen MR) is 131 cm³/mol. The normalized spacial score (nSPS) is 11.2. The highest BCUT2D eigenvalue weighted by Gasteiger charge is 2.07. The fraction of sp³-hybridized carbons (Fsp3) is 0.444. The number of oxime groups is 1. The molecule has 32 heavy (non-hydrogen) atoms. The fourth-order valence-electron chi connectivity index (χ4n) is 3.32. The summed E-state index contributed by atoms with van der Waals surface area (Å²) in [5.41, 5.74) is 3.23. The molecule has 0 unspecified atom stereocenters. The standard InChI is InChI=1S/C27H37NO4/c1-5-6-16-31-26-19-22(2)27(23(3)20-26)32-18-11-9-7-8-10-17-30-25-14-12-24(13-15-25)21-28-29-4/h5-6,12-15,19-21H,7-11,16-18H2,1-4H3/b6-5+,28-21+. The van der Waals surface area contributed by atoms with Crippen molar-refractivity contribution in [2.75, 3.05) is 26.9 Å². The molecule has 5 nitrogen and oxygen atoms in total. The van der Waals surface area contributed by atoms with Gasteiger partial charge in [-0.15, -0.1) is 0 Å². The zero-order chi connectivity index (χ0) is 23.0. The molecule has 0 radical (unpaired) electrons. The van der Waals surface area contributed by atoms with E-state index in [0.29, 0.717) is 6.61 Å². The van der Waals surface area contributed by atoms with Crippen molar-refractivity contribution in [1.29, 1.82) is 0 Å². The van der Waals surface area contributed by atoms with E-state index in [1.54, 1.807) is 6.21 Å². The Labute approximate surface area is 193 Å². The molecule has 5 heteroatoms. The number of rotatable bonds is 15. The Morgan fingerprint density at radius 1 is 0.781 bits per heavy atom. The van der Waals surface area contributed by atoms with Crippen LogP contribution in [0.5, 0.6) is 17.2 Å². The molecule has 2 rings (SSSR count). The number of ether oxygens (including phenoxy) is 3. The van der Waals surface area contributed by atoms with Crippen LogP contribution < -0.4 is 14.2 Å². The molecule has 0 fully saturated rings. The van der Waals surface area contributed by atoms with Gasteiger partial charge in [-0.25, -0.2) is 0 Å². The van der Waals surface area contributed by atoms with Crippen LogP contribution in [0.25, 0.3) is 0 Å². The van der Waals surface area contributed by atoms with Crippen molar-refractivity contribution in [3.05, 3.63) is 65.2 Å². The van der Waals surface area contributed by atoms with Crippen LogP contribution in [0.4, 0.5) is 0 Å². The molecular weight excluding hydrogens is 402 g/mol. The molecule has 0 aliphatic heterocycles. The average molecular weight is 440 g/mol. The van der Waals surface area contributed by atoms with E-state index in [9.17, 15) is 0 Å². The first-order chi connectivity index (χ1) is 15.6. The summed E-state index contributed by atoms with van der Waals surface area (Å²) >= 11 is 0. The van der Waals surface area contributed by atoms with E-state index in [1.807, 2.05) is 55.5 Å². The van der Waals surface area contributed by atoms with E-state index in [0.717, 1.165) is 72.8 Å². The summed E-state index contributed by atoms with van der Waals surface area (Å²) in [4.78, 5) is 4.68. The van der Waals surface area contributed by atoms with Gasteiger partial charge in [0.25, 0.3) is 0 Å². The molecule has 0 saturated carbocycles. The number of benzene rings is 2. The Bertz CT molecular complexity index is 820. The van der Waals surface area contributed by atoms with Gasteiger partial charge in [-0.2, -0.15) is 0 Å². The summed E-state index contributed by atoms with van der Waals surface area (Å²) in [7, 11) is 1.53. The number of aryl methyl sites for hydroxylation is 2. The van der Waals surface area contributed by atoms with Crippen molar-refractivity contribution >= 4 is 6.21 Å². The van der Waals surface area contributed by atoms with Gasteiger partial charge in [-0.05, 0) is 86.7 Å². The quantitative estimate of drug-likeness (QED) is 0.135. The van der Waals surface area contributed by atoms with Crippen molar-refractivity contribution in [2.45, 2.75) is 52.9 Å². The maximum atomic E-state index is 6.06. The van der Waals surface area contributed by atoms with Crippen LogP contribution >= 0.6 is 0 Å². The first-order valence-corrected chi connectivity index (χ1v) is 11.4. The zero-order valence-corrected chi connectivity index (χ0v) is 19.9. The number of allylic oxidation sites excluding steroid dienone is 1. The summed E-state index contributed by atoms with van der Waals surface area (Å²) in [5.74, 6) is 2.76. The smallest absolute Gasteiger partial charge is 0.125 e. The van der Waals surface area contributed by atoms with Crippen molar-refractivity contribution in [2.24, 2.45) is 5.16 Å². The minimum atomic E-state index is 0.594. The summed E-state index contributed by atoms with van der Waals surface area (Å²) < 4.78 is 17.6. The van der Waals surface area contributed by atoms with E-state index in [2.05, 4.69) is 23.8 Å². The monoisotopic (exact) mass is 439 g/mol. The summed E-state index contributed by atoms with van der Waals surface area (Å²) in [5, 5.41) is 3.75. The maximum Gasteiger partial charge on any atom is 0.125 e. The highest BCUT2D eigenvalue weighted by Crippen LogP contribution is 2.28. The van der Waals surface area contributed by atoms with E-state index in [1.165, 1.54) is 13.5 Å². The van der Waals surface area contributed by atoms with Crippen molar-refractivity contribution in [1.82, 2.24) is 0 Å². The van der Waals surface area contributed by atoms with Crippen LogP contribution in [0.2, 0.25) is 0 Å². The third kappa shape index (κ3) is 9.46. The Kier molecular flexibility index (Phi) is 11.8. The average Bonchev–Trinajstić information content (AvgIpc) is 2.79. The fourth-order valence-corrected chi connectivity index (χ4v) is 3.32. The molecule has 0 saturated heterocycles. The molecule has 2 aromatic carbocycles. The van der Waals surface area contributed by atoms with Crippen molar-refractivity contribution < 1.29 is 19.0 Å². The van der Waals surface area contributed by atoms with Crippen molar-refractivity contribution in [3.8, 4) is 17.2 Å². The maximum absolute atomic E-state index is 6.06. The van der Waals surface area contributed by atoms with Gasteiger partial charge >= 0.3 is 0 Å². The second-order valence-corrected chi connectivity index (χ2v) is 7.72. The number of hydrogen-bond acceptors (Lipinski definition) is 5. The molecule has 0 bridgehead atoms. The Morgan fingerprint density at radius 3 is 2.03 bits per heavy atom. The largest absolute Gasteiger partial charge is 0.494 e. The number of unbranched alkanes of at least 4 members (excludes halogenated alkanes) is 4.